The van der Waals surface area contributed by atoms with Gasteiger partial charge in [0.1, 0.15) is 11.5 Å². The lowest BCUT2D eigenvalue weighted by Gasteiger charge is -2.13. The third-order valence-electron chi connectivity index (χ3n) is 3.68. The maximum Gasteiger partial charge on any atom is 0.433 e. The van der Waals surface area contributed by atoms with Crippen LogP contribution in [0, 0.1) is 11.3 Å². The van der Waals surface area contributed by atoms with Crippen molar-refractivity contribution in [3.8, 4) is 0 Å². The lowest BCUT2D eigenvalue weighted by atomic mass is 10.1. The first-order chi connectivity index (χ1) is 9.11. The van der Waals surface area contributed by atoms with Crippen LogP contribution in [0.2, 0.25) is 0 Å². The highest BCUT2D eigenvalue weighted by Crippen LogP contribution is 2.51. The first-order valence-corrected chi connectivity index (χ1v) is 6.23. The van der Waals surface area contributed by atoms with Gasteiger partial charge in [0.25, 0.3) is 5.91 Å². The zero-order valence-electron chi connectivity index (χ0n) is 11.2. The zero-order valence-corrected chi connectivity index (χ0v) is 11.2. The van der Waals surface area contributed by atoms with E-state index in [4.69, 9.17) is 5.73 Å². The van der Waals surface area contributed by atoms with Crippen molar-refractivity contribution in [3.05, 3.63) is 23.4 Å². The third-order valence-corrected chi connectivity index (χ3v) is 3.68. The summed E-state index contributed by atoms with van der Waals surface area (Å²) in [5, 5.41) is 2.81. The molecule has 1 fully saturated rings. The Bertz CT molecular complexity index is 540. The largest absolute Gasteiger partial charge is 0.433 e. The SMILES string of the molecule is CC1(C)CC1CNc1nc(C(F)(F)F)ccc1C(N)=O. The average molecular weight is 287 g/mol. The number of hydrogen-bond donors (Lipinski definition) is 2. The summed E-state index contributed by atoms with van der Waals surface area (Å²) in [6, 6.07) is 1.81. The van der Waals surface area contributed by atoms with E-state index < -0.39 is 17.8 Å². The number of nitrogens with one attached hydrogen (secondary N) is 1. The van der Waals surface area contributed by atoms with Crippen LogP contribution in [0.5, 0.6) is 0 Å². The van der Waals surface area contributed by atoms with Gasteiger partial charge >= 0.3 is 6.18 Å². The number of nitrogens with zero attached hydrogens (tertiary/aromatic N) is 1. The van der Waals surface area contributed by atoms with E-state index in [9.17, 15) is 18.0 Å². The molecule has 0 bridgehead atoms. The Labute approximate surface area is 114 Å². The van der Waals surface area contributed by atoms with Crippen molar-refractivity contribution in [2.45, 2.75) is 26.4 Å². The third kappa shape index (κ3) is 3.02. The second kappa shape index (κ2) is 4.64. The fourth-order valence-electron chi connectivity index (χ4n) is 2.10. The van der Waals surface area contributed by atoms with E-state index >= 15 is 0 Å². The number of primary amides is 1. The summed E-state index contributed by atoms with van der Waals surface area (Å²) in [5.41, 5.74) is 4.26. The molecule has 1 aromatic rings. The van der Waals surface area contributed by atoms with E-state index in [1.54, 1.807) is 0 Å². The molecule has 1 aliphatic carbocycles. The molecule has 1 heterocycles. The molecule has 0 aliphatic heterocycles. The molecular formula is C13H16F3N3O. The number of nitrogens with two attached hydrogens (primary N) is 1. The van der Waals surface area contributed by atoms with Crippen LogP contribution >= 0.6 is 0 Å². The van der Waals surface area contributed by atoms with Gasteiger partial charge in [-0.1, -0.05) is 13.8 Å². The highest BCUT2D eigenvalue weighted by atomic mass is 19.4. The Morgan fingerprint density at radius 1 is 1.50 bits per heavy atom. The van der Waals surface area contributed by atoms with Gasteiger partial charge in [-0.3, -0.25) is 4.79 Å². The number of hydrogen-bond acceptors (Lipinski definition) is 3. The molecule has 110 valence electrons. The van der Waals surface area contributed by atoms with Crippen LogP contribution < -0.4 is 11.1 Å². The number of amides is 1. The number of carbonyl (C=O) groups is 1. The lowest BCUT2D eigenvalue weighted by Crippen LogP contribution is -2.19. The Hall–Kier alpha value is -1.79. The van der Waals surface area contributed by atoms with Gasteiger partial charge < -0.3 is 11.1 Å². The van der Waals surface area contributed by atoms with E-state index in [0.29, 0.717) is 12.5 Å². The number of aromatic nitrogens is 1. The number of anilines is 1. The summed E-state index contributed by atoms with van der Waals surface area (Å²) in [6.07, 6.45) is -3.56. The zero-order chi connectivity index (χ0) is 15.1. The molecule has 2 rings (SSSR count). The second-order valence-corrected chi connectivity index (χ2v) is 5.73. The van der Waals surface area contributed by atoms with Crippen LogP contribution in [0.3, 0.4) is 0 Å². The minimum Gasteiger partial charge on any atom is -0.369 e. The second-order valence-electron chi connectivity index (χ2n) is 5.73. The van der Waals surface area contributed by atoms with Crippen molar-refractivity contribution in [2.24, 2.45) is 17.1 Å². The van der Waals surface area contributed by atoms with Crippen LogP contribution in [-0.4, -0.2) is 17.4 Å². The van der Waals surface area contributed by atoms with Crippen molar-refractivity contribution in [2.75, 3.05) is 11.9 Å². The summed E-state index contributed by atoms with van der Waals surface area (Å²) in [5.74, 6) is -0.543. The highest BCUT2D eigenvalue weighted by molar-refractivity contribution is 5.97. The quantitative estimate of drug-likeness (QED) is 0.894. The molecule has 0 aromatic carbocycles. The van der Waals surface area contributed by atoms with Crippen molar-refractivity contribution in [1.29, 1.82) is 0 Å². The molecule has 0 spiro atoms. The Morgan fingerprint density at radius 2 is 2.10 bits per heavy atom. The van der Waals surface area contributed by atoms with Crippen molar-refractivity contribution in [1.82, 2.24) is 4.98 Å². The molecule has 0 saturated heterocycles. The fourth-order valence-corrected chi connectivity index (χ4v) is 2.10. The number of pyridine rings is 1. The van der Waals surface area contributed by atoms with Gasteiger partial charge in [0.15, 0.2) is 0 Å². The summed E-state index contributed by atoms with van der Waals surface area (Å²) in [6.45, 7) is 4.63. The molecule has 1 atom stereocenters. The minimum absolute atomic E-state index is 0.0311. The Balaban J connectivity index is 2.21. The van der Waals surface area contributed by atoms with Gasteiger partial charge in [0.05, 0.1) is 5.56 Å². The molecule has 1 saturated carbocycles. The van der Waals surface area contributed by atoms with Crippen LogP contribution in [0.1, 0.15) is 36.3 Å². The summed E-state index contributed by atoms with van der Waals surface area (Å²) in [4.78, 5) is 14.7. The first-order valence-electron chi connectivity index (χ1n) is 6.23. The summed E-state index contributed by atoms with van der Waals surface area (Å²) >= 11 is 0. The minimum atomic E-state index is -4.55. The number of carbonyl (C=O) groups excluding carboxylic acids is 1. The van der Waals surface area contributed by atoms with Gasteiger partial charge in [-0.2, -0.15) is 13.2 Å². The molecule has 3 N–H and O–H groups in total. The smallest absolute Gasteiger partial charge is 0.369 e. The average Bonchev–Trinajstić information content (AvgIpc) is 2.92. The highest BCUT2D eigenvalue weighted by Gasteiger charge is 2.45. The maximum atomic E-state index is 12.6. The monoisotopic (exact) mass is 287 g/mol. The Morgan fingerprint density at radius 3 is 2.55 bits per heavy atom. The van der Waals surface area contributed by atoms with Crippen LogP contribution in [0.25, 0.3) is 0 Å². The van der Waals surface area contributed by atoms with E-state index in [1.165, 1.54) is 0 Å². The predicted octanol–water partition coefficient (Wildman–Crippen LogP) is 2.66. The molecule has 20 heavy (non-hydrogen) atoms. The van der Waals surface area contributed by atoms with Crippen LogP contribution in [0.4, 0.5) is 19.0 Å². The fraction of sp³-hybridized carbons (Fsp3) is 0.538. The van der Waals surface area contributed by atoms with Crippen molar-refractivity contribution >= 4 is 11.7 Å². The number of rotatable bonds is 4. The summed E-state index contributed by atoms with van der Waals surface area (Å²) in [7, 11) is 0. The van der Waals surface area contributed by atoms with Gasteiger partial charge in [-0.15, -0.1) is 0 Å². The number of halogens is 3. The topological polar surface area (TPSA) is 68.0 Å². The van der Waals surface area contributed by atoms with Crippen LogP contribution in [0.15, 0.2) is 12.1 Å². The van der Waals surface area contributed by atoms with Gasteiger partial charge in [0.2, 0.25) is 0 Å². The van der Waals surface area contributed by atoms with Crippen molar-refractivity contribution < 1.29 is 18.0 Å². The lowest BCUT2D eigenvalue weighted by molar-refractivity contribution is -0.141. The van der Waals surface area contributed by atoms with E-state index in [-0.39, 0.29) is 16.8 Å². The normalized spacial score (nSPS) is 20.6. The van der Waals surface area contributed by atoms with Crippen LogP contribution in [-0.2, 0) is 6.18 Å². The summed E-state index contributed by atoms with van der Waals surface area (Å²) < 4.78 is 37.9. The molecule has 1 aliphatic rings. The molecular weight excluding hydrogens is 271 g/mol. The van der Waals surface area contributed by atoms with Gasteiger partial charge in [0, 0.05) is 6.54 Å². The predicted molar refractivity (Wildman–Crippen MR) is 68.1 cm³/mol. The molecule has 7 heteroatoms. The number of alkyl halides is 3. The molecule has 0 radical (unpaired) electrons. The molecule has 1 aromatic heterocycles. The van der Waals surface area contributed by atoms with Gasteiger partial charge in [-0.05, 0) is 29.9 Å². The molecule has 4 nitrogen and oxygen atoms in total. The standard InChI is InChI=1S/C13H16F3N3O/c1-12(2)5-7(12)6-18-11-8(10(17)20)3-4-9(19-11)13(14,15)16/h3-4,7H,5-6H2,1-2H3,(H2,17,20)(H,18,19). The molecule has 1 amide bonds. The van der Waals surface area contributed by atoms with Gasteiger partial charge in [-0.25, -0.2) is 4.98 Å². The first kappa shape index (κ1) is 14.6. The van der Waals surface area contributed by atoms with E-state index in [1.807, 2.05) is 0 Å². The Kier molecular flexibility index (Phi) is 3.39. The maximum absolute atomic E-state index is 12.6. The van der Waals surface area contributed by atoms with Crippen molar-refractivity contribution in [3.63, 3.8) is 0 Å². The van der Waals surface area contributed by atoms with E-state index in [0.717, 1.165) is 18.6 Å². The van der Waals surface area contributed by atoms with E-state index in [2.05, 4.69) is 24.1 Å². The molecule has 1 unspecified atom stereocenters.